The summed E-state index contributed by atoms with van der Waals surface area (Å²) < 4.78 is 5.47. The molecule has 2 nitrogen and oxygen atoms in total. The molecule has 2 atom stereocenters. The molecule has 3 heteroatoms. The van der Waals surface area contributed by atoms with E-state index in [9.17, 15) is 5.11 Å². The van der Waals surface area contributed by atoms with E-state index in [4.69, 9.17) is 16.3 Å². The van der Waals surface area contributed by atoms with Crippen molar-refractivity contribution in [2.75, 3.05) is 6.61 Å². The highest BCUT2D eigenvalue weighted by molar-refractivity contribution is 6.31. The summed E-state index contributed by atoms with van der Waals surface area (Å²) in [6.07, 6.45) is 2.09. The topological polar surface area (TPSA) is 29.5 Å². The molecule has 2 rings (SSSR count). The Balaban J connectivity index is 2.14. The fourth-order valence-electron chi connectivity index (χ4n) is 2.46. The van der Waals surface area contributed by atoms with Gasteiger partial charge in [0.1, 0.15) is 0 Å². The molecule has 17 heavy (non-hydrogen) atoms. The van der Waals surface area contributed by atoms with Crippen LogP contribution in [0.2, 0.25) is 5.02 Å². The highest BCUT2D eigenvalue weighted by Gasteiger charge is 2.33. The van der Waals surface area contributed by atoms with Crippen LogP contribution in [0.4, 0.5) is 0 Å². The first-order valence-corrected chi connectivity index (χ1v) is 6.45. The average Bonchev–Trinajstić information content (AvgIpc) is 2.22. The van der Waals surface area contributed by atoms with Crippen LogP contribution in [-0.2, 0) is 11.2 Å². The second-order valence-corrected chi connectivity index (χ2v) is 5.54. The molecule has 1 aromatic carbocycles. The summed E-state index contributed by atoms with van der Waals surface area (Å²) in [5.41, 5.74) is 1.50. The van der Waals surface area contributed by atoms with Gasteiger partial charge in [0, 0.05) is 24.5 Å². The van der Waals surface area contributed by atoms with Crippen LogP contribution in [0.5, 0.6) is 0 Å². The molecule has 2 unspecified atom stereocenters. The SMILES string of the molecule is Cc1ccc(CC2(O)CCOC(C)C2)c(Cl)c1. The Kier molecular flexibility index (Phi) is 3.76. The van der Waals surface area contributed by atoms with Gasteiger partial charge in [-0.1, -0.05) is 23.7 Å². The Morgan fingerprint density at radius 1 is 1.53 bits per heavy atom. The normalized spacial score (nSPS) is 29.3. The van der Waals surface area contributed by atoms with E-state index >= 15 is 0 Å². The van der Waals surface area contributed by atoms with Gasteiger partial charge in [-0.3, -0.25) is 0 Å². The molecule has 1 heterocycles. The van der Waals surface area contributed by atoms with Gasteiger partial charge in [0.15, 0.2) is 0 Å². The van der Waals surface area contributed by atoms with E-state index < -0.39 is 5.60 Å². The smallest absolute Gasteiger partial charge is 0.0734 e. The molecule has 0 aliphatic carbocycles. The van der Waals surface area contributed by atoms with Gasteiger partial charge in [-0.15, -0.1) is 0 Å². The van der Waals surface area contributed by atoms with Gasteiger partial charge in [-0.05, 0) is 37.5 Å². The summed E-state index contributed by atoms with van der Waals surface area (Å²) in [5.74, 6) is 0. The van der Waals surface area contributed by atoms with Gasteiger partial charge in [0.25, 0.3) is 0 Å². The molecule has 0 spiro atoms. The average molecular weight is 255 g/mol. The molecule has 94 valence electrons. The minimum Gasteiger partial charge on any atom is -0.389 e. The molecular formula is C14H19ClO2. The fourth-order valence-corrected chi connectivity index (χ4v) is 2.76. The number of aliphatic hydroxyl groups is 1. The Morgan fingerprint density at radius 2 is 2.29 bits per heavy atom. The van der Waals surface area contributed by atoms with E-state index in [0.717, 1.165) is 16.1 Å². The lowest BCUT2D eigenvalue weighted by molar-refractivity contribution is -0.0961. The third kappa shape index (κ3) is 3.21. The quantitative estimate of drug-likeness (QED) is 0.879. The van der Waals surface area contributed by atoms with Crippen molar-refractivity contribution in [3.05, 3.63) is 34.3 Å². The highest BCUT2D eigenvalue weighted by atomic mass is 35.5. The van der Waals surface area contributed by atoms with E-state index in [0.29, 0.717) is 25.9 Å². The van der Waals surface area contributed by atoms with Crippen molar-refractivity contribution in [3.8, 4) is 0 Å². The zero-order valence-electron chi connectivity index (χ0n) is 10.4. The van der Waals surface area contributed by atoms with Gasteiger partial charge in [-0.25, -0.2) is 0 Å². The van der Waals surface area contributed by atoms with E-state index in [2.05, 4.69) is 0 Å². The van der Waals surface area contributed by atoms with Crippen molar-refractivity contribution in [1.29, 1.82) is 0 Å². The Hall–Kier alpha value is -0.570. The minimum absolute atomic E-state index is 0.123. The lowest BCUT2D eigenvalue weighted by Crippen LogP contribution is -2.41. The molecule has 1 fully saturated rings. The van der Waals surface area contributed by atoms with Gasteiger partial charge in [-0.2, -0.15) is 0 Å². The largest absolute Gasteiger partial charge is 0.389 e. The van der Waals surface area contributed by atoms with Gasteiger partial charge < -0.3 is 9.84 Å². The number of ether oxygens (including phenoxy) is 1. The molecule has 0 bridgehead atoms. The maximum absolute atomic E-state index is 10.6. The zero-order chi connectivity index (χ0) is 12.5. The van der Waals surface area contributed by atoms with Crippen LogP contribution in [-0.4, -0.2) is 23.4 Å². The number of hydrogen-bond acceptors (Lipinski definition) is 2. The number of benzene rings is 1. The molecule has 0 aromatic heterocycles. The predicted molar refractivity (Wildman–Crippen MR) is 69.5 cm³/mol. The van der Waals surface area contributed by atoms with Crippen molar-refractivity contribution >= 4 is 11.6 Å². The standard InChI is InChI=1S/C14H19ClO2/c1-10-3-4-12(13(15)7-10)9-14(16)5-6-17-11(2)8-14/h3-4,7,11,16H,5-6,8-9H2,1-2H3. The minimum atomic E-state index is -0.670. The van der Waals surface area contributed by atoms with E-state index in [-0.39, 0.29) is 6.10 Å². The van der Waals surface area contributed by atoms with Crippen LogP contribution in [0.15, 0.2) is 18.2 Å². The lowest BCUT2D eigenvalue weighted by atomic mass is 9.85. The highest BCUT2D eigenvalue weighted by Crippen LogP contribution is 2.31. The predicted octanol–water partition coefficient (Wildman–Crippen LogP) is 3.12. The Labute approximate surface area is 108 Å². The molecule has 0 saturated carbocycles. The van der Waals surface area contributed by atoms with Crippen molar-refractivity contribution in [1.82, 2.24) is 0 Å². The third-order valence-electron chi connectivity index (χ3n) is 3.37. The third-order valence-corrected chi connectivity index (χ3v) is 3.72. The van der Waals surface area contributed by atoms with E-state index in [1.165, 1.54) is 0 Å². The van der Waals surface area contributed by atoms with Crippen LogP contribution >= 0.6 is 11.6 Å². The molecule has 1 saturated heterocycles. The summed E-state index contributed by atoms with van der Waals surface area (Å²) in [6.45, 7) is 4.64. The molecule has 0 amide bonds. The molecule has 1 N–H and O–H groups in total. The molecular weight excluding hydrogens is 236 g/mol. The summed E-state index contributed by atoms with van der Waals surface area (Å²) in [4.78, 5) is 0. The lowest BCUT2D eigenvalue weighted by Gasteiger charge is -2.36. The molecule has 1 aliphatic rings. The Bertz CT molecular complexity index is 405. The first-order chi connectivity index (χ1) is 7.98. The van der Waals surface area contributed by atoms with E-state index in [1.807, 2.05) is 32.0 Å². The fraction of sp³-hybridized carbons (Fsp3) is 0.571. The first-order valence-electron chi connectivity index (χ1n) is 6.07. The van der Waals surface area contributed by atoms with Gasteiger partial charge in [0.2, 0.25) is 0 Å². The van der Waals surface area contributed by atoms with Crippen molar-refractivity contribution in [3.63, 3.8) is 0 Å². The van der Waals surface area contributed by atoms with Crippen LogP contribution in [0.3, 0.4) is 0 Å². The maximum Gasteiger partial charge on any atom is 0.0734 e. The van der Waals surface area contributed by atoms with Gasteiger partial charge in [0.05, 0.1) is 11.7 Å². The molecule has 1 aromatic rings. The number of aryl methyl sites for hydroxylation is 1. The van der Waals surface area contributed by atoms with Crippen LogP contribution in [0, 0.1) is 6.92 Å². The van der Waals surface area contributed by atoms with Crippen molar-refractivity contribution in [2.24, 2.45) is 0 Å². The number of halogens is 1. The second-order valence-electron chi connectivity index (χ2n) is 5.13. The summed E-state index contributed by atoms with van der Waals surface area (Å²) in [6, 6.07) is 5.99. The van der Waals surface area contributed by atoms with Crippen molar-refractivity contribution < 1.29 is 9.84 Å². The number of rotatable bonds is 2. The summed E-state index contributed by atoms with van der Waals surface area (Å²) in [7, 11) is 0. The van der Waals surface area contributed by atoms with Crippen LogP contribution in [0.25, 0.3) is 0 Å². The summed E-state index contributed by atoms with van der Waals surface area (Å²) >= 11 is 6.20. The molecule has 0 radical (unpaired) electrons. The molecule has 1 aliphatic heterocycles. The first kappa shape index (κ1) is 12.9. The maximum atomic E-state index is 10.6. The van der Waals surface area contributed by atoms with Crippen molar-refractivity contribution in [2.45, 2.75) is 44.8 Å². The zero-order valence-corrected chi connectivity index (χ0v) is 11.1. The summed E-state index contributed by atoms with van der Waals surface area (Å²) in [5, 5.41) is 11.3. The van der Waals surface area contributed by atoms with E-state index in [1.54, 1.807) is 0 Å². The number of hydrogen-bond donors (Lipinski definition) is 1. The van der Waals surface area contributed by atoms with Crippen LogP contribution in [0.1, 0.15) is 30.9 Å². The van der Waals surface area contributed by atoms with Crippen LogP contribution < -0.4 is 0 Å². The Morgan fingerprint density at radius 3 is 2.94 bits per heavy atom. The monoisotopic (exact) mass is 254 g/mol. The van der Waals surface area contributed by atoms with Gasteiger partial charge >= 0.3 is 0 Å². The second kappa shape index (κ2) is 4.97.